The lowest BCUT2D eigenvalue weighted by atomic mass is 9.90. The van der Waals surface area contributed by atoms with Crippen molar-refractivity contribution in [2.75, 3.05) is 0 Å². The van der Waals surface area contributed by atoms with Gasteiger partial charge in [0, 0.05) is 0 Å². The van der Waals surface area contributed by atoms with Crippen LogP contribution < -0.4 is 0 Å². The number of hydrogen-bond acceptors (Lipinski definition) is 0. The highest BCUT2D eigenvalue weighted by Crippen LogP contribution is 2.39. The van der Waals surface area contributed by atoms with Crippen LogP contribution in [-0.2, 0) is 0 Å². The van der Waals surface area contributed by atoms with Gasteiger partial charge in [-0.25, -0.2) is 0 Å². The first kappa shape index (κ1) is 20.2. The van der Waals surface area contributed by atoms with Crippen LogP contribution in [0.3, 0.4) is 0 Å². The zero-order valence-electron chi connectivity index (χ0n) is 20.7. The quantitative estimate of drug-likeness (QED) is 0.217. The van der Waals surface area contributed by atoms with Crippen LogP contribution in [0.15, 0.2) is 133 Å². The summed E-state index contributed by atoms with van der Waals surface area (Å²) in [5, 5.41) is 15.9. The van der Waals surface area contributed by atoms with E-state index in [0.717, 1.165) is 0 Å². The van der Waals surface area contributed by atoms with Crippen molar-refractivity contribution in [2.45, 2.75) is 0 Å². The Balaban J connectivity index is 1.17. The molecule has 0 unspecified atom stereocenters. The van der Waals surface area contributed by atoms with Gasteiger partial charge in [-0.2, -0.15) is 0 Å². The Hall–Kier alpha value is -4.94. The lowest BCUT2D eigenvalue weighted by Crippen LogP contribution is -1.87. The predicted molar refractivity (Wildman–Crippen MR) is 165 cm³/mol. The molecule has 0 bridgehead atoms. The van der Waals surface area contributed by atoms with Crippen molar-refractivity contribution in [3.05, 3.63) is 133 Å². The first-order chi connectivity index (χ1) is 18.8. The molecule has 0 spiro atoms. The molecule has 0 heterocycles. The van der Waals surface area contributed by atoms with E-state index in [4.69, 9.17) is 0 Å². The van der Waals surface area contributed by atoms with E-state index < -0.39 is 0 Å². The van der Waals surface area contributed by atoms with E-state index in [2.05, 4.69) is 133 Å². The molecule has 174 valence electrons. The van der Waals surface area contributed by atoms with Crippen LogP contribution in [0, 0.1) is 0 Å². The van der Waals surface area contributed by atoms with Gasteiger partial charge in [-0.05, 0) is 111 Å². The van der Waals surface area contributed by atoms with Gasteiger partial charge >= 0.3 is 0 Å². The summed E-state index contributed by atoms with van der Waals surface area (Å²) in [5.41, 5.74) is 5.02. The average Bonchev–Trinajstić information content (AvgIpc) is 2.98. The molecule has 0 saturated carbocycles. The Labute approximate surface area is 220 Å². The highest BCUT2D eigenvalue weighted by Gasteiger charge is 2.12. The number of hydrogen-bond donors (Lipinski definition) is 0. The molecule has 0 aliphatic heterocycles. The molecule has 9 aromatic carbocycles. The van der Waals surface area contributed by atoms with Crippen LogP contribution in [0.5, 0.6) is 0 Å². The fourth-order valence-electron chi connectivity index (χ4n) is 6.70. The molecular formula is C38H22. The topological polar surface area (TPSA) is 0 Å². The minimum Gasteiger partial charge on any atom is -0.0610 e. The molecular weight excluding hydrogens is 456 g/mol. The van der Waals surface area contributed by atoms with Crippen molar-refractivity contribution in [3.63, 3.8) is 0 Å². The fourth-order valence-corrected chi connectivity index (χ4v) is 6.70. The highest BCUT2D eigenvalue weighted by molar-refractivity contribution is 6.24. The Morgan fingerprint density at radius 1 is 0.211 bits per heavy atom. The summed E-state index contributed by atoms with van der Waals surface area (Å²) >= 11 is 0. The van der Waals surface area contributed by atoms with Crippen molar-refractivity contribution in [1.82, 2.24) is 0 Å². The minimum absolute atomic E-state index is 1.25. The summed E-state index contributed by atoms with van der Waals surface area (Å²) in [6.45, 7) is 0. The molecule has 0 atom stereocenters. The largest absolute Gasteiger partial charge is 0.0610 e. The monoisotopic (exact) mass is 478 g/mol. The zero-order chi connectivity index (χ0) is 24.8. The van der Waals surface area contributed by atoms with Gasteiger partial charge in [-0.15, -0.1) is 0 Å². The average molecular weight is 479 g/mol. The predicted octanol–water partition coefficient (Wildman–Crippen LogP) is 10.8. The first-order valence-electron chi connectivity index (χ1n) is 13.3. The number of benzene rings is 9. The second-order valence-electron chi connectivity index (χ2n) is 10.6. The second kappa shape index (κ2) is 7.31. The van der Waals surface area contributed by atoms with Crippen molar-refractivity contribution in [2.24, 2.45) is 0 Å². The third-order valence-electron chi connectivity index (χ3n) is 8.48. The molecule has 0 saturated heterocycles. The molecule has 9 rings (SSSR count). The van der Waals surface area contributed by atoms with E-state index in [9.17, 15) is 0 Å². The molecule has 0 amide bonds. The van der Waals surface area contributed by atoms with Gasteiger partial charge in [0.05, 0.1) is 0 Å². The molecule has 0 aliphatic rings. The standard InChI is InChI=1S/C38H22/c1-3-25-11-15-29-19-33(20-30-16-12-26(4-1)35(25)37(29)30)23-7-9-24(10-8-23)34-21-31-17-13-27-5-2-6-28-14-18-32(22-34)38(31)36(27)28/h1-22H. The van der Waals surface area contributed by atoms with Gasteiger partial charge in [-0.3, -0.25) is 0 Å². The summed E-state index contributed by atoms with van der Waals surface area (Å²) in [7, 11) is 0. The van der Waals surface area contributed by atoms with E-state index in [0.29, 0.717) is 0 Å². The molecule has 38 heavy (non-hydrogen) atoms. The second-order valence-corrected chi connectivity index (χ2v) is 10.6. The van der Waals surface area contributed by atoms with Crippen molar-refractivity contribution >= 4 is 64.6 Å². The van der Waals surface area contributed by atoms with Gasteiger partial charge < -0.3 is 0 Å². The maximum Gasteiger partial charge on any atom is -0.00264 e. The van der Waals surface area contributed by atoms with Gasteiger partial charge in [0.25, 0.3) is 0 Å². The summed E-state index contributed by atoms with van der Waals surface area (Å²) in [6.07, 6.45) is 0. The maximum absolute atomic E-state index is 2.34. The lowest BCUT2D eigenvalue weighted by molar-refractivity contribution is 1.63. The molecule has 9 aromatic rings. The van der Waals surface area contributed by atoms with Crippen LogP contribution in [0.4, 0.5) is 0 Å². The summed E-state index contributed by atoms with van der Waals surface area (Å²) in [6, 6.07) is 49.7. The van der Waals surface area contributed by atoms with E-state index in [1.54, 1.807) is 0 Å². The smallest absolute Gasteiger partial charge is 0.00264 e. The molecule has 0 aliphatic carbocycles. The molecule has 0 aromatic heterocycles. The normalized spacial score (nSPS) is 12.2. The van der Waals surface area contributed by atoms with Crippen molar-refractivity contribution in [3.8, 4) is 22.3 Å². The molecule has 0 heteroatoms. The SMILES string of the molecule is c1cc2ccc3cc(-c4ccc(-c5cc6ccc7cccc8ccc(c5)c6c78)cc4)cc4ccc(c1)c2c34. The molecule has 0 N–H and O–H groups in total. The van der Waals surface area contributed by atoms with E-state index >= 15 is 0 Å². The van der Waals surface area contributed by atoms with E-state index in [1.807, 2.05) is 0 Å². The van der Waals surface area contributed by atoms with Gasteiger partial charge in [0.15, 0.2) is 0 Å². The summed E-state index contributed by atoms with van der Waals surface area (Å²) in [5.74, 6) is 0. The van der Waals surface area contributed by atoms with Gasteiger partial charge in [0.2, 0.25) is 0 Å². The highest BCUT2D eigenvalue weighted by atomic mass is 14.2. The lowest BCUT2D eigenvalue weighted by Gasteiger charge is -2.14. The summed E-state index contributed by atoms with van der Waals surface area (Å²) in [4.78, 5) is 0. The minimum atomic E-state index is 1.25. The van der Waals surface area contributed by atoms with E-state index in [-0.39, 0.29) is 0 Å². The Bertz CT molecular complexity index is 2020. The third kappa shape index (κ3) is 2.75. The van der Waals surface area contributed by atoms with Crippen LogP contribution in [-0.4, -0.2) is 0 Å². The summed E-state index contributed by atoms with van der Waals surface area (Å²) < 4.78 is 0. The Kier molecular flexibility index (Phi) is 3.88. The van der Waals surface area contributed by atoms with Crippen LogP contribution in [0.2, 0.25) is 0 Å². The van der Waals surface area contributed by atoms with Crippen molar-refractivity contribution < 1.29 is 0 Å². The van der Waals surface area contributed by atoms with Crippen LogP contribution in [0.1, 0.15) is 0 Å². The first-order valence-corrected chi connectivity index (χ1v) is 13.3. The molecule has 0 nitrogen and oxygen atoms in total. The van der Waals surface area contributed by atoms with Crippen LogP contribution in [0.25, 0.3) is 86.9 Å². The Morgan fingerprint density at radius 3 is 0.789 bits per heavy atom. The maximum atomic E-state index is 2.34. The Morgan fingerprint density at radius 2 is 0.474 bits per heavy atom. The van der Waals surface area contributed by atoms with Crippen LogP contribution >= 0.6 is 0 Å². The fraction of sp³-hybridized carbons (Fsp3) is 0. The zero-order valence-corrected chi connectivity index (χ0v) is 20.7. The molecule has 0 fully saturated rings. The van der Waals surface area contributed by atoms with Gasteiger partial charge in [-0.1, -0.05) is 109 Å². The van der Waals surface area contributed by atoms with E-state index in [1.165, 1.54) is 86.9 Å². The van der Waals surface area contributed by atoms with Gasteiger partial charge in [0.1, 0.15) is 0 Å². The number of rotatable bonds is 2. The molecule has 0 radical (unpaired) electrons. The third-order valence-corrected chi connectivity index (χ3v) is 8.48. The van der Waals surface area contributed by atoms with Crippen molar-refractivity contribution in [1.29, 1.82) is 0 Å².